The van der Waals surface area contributed by atoms with E-state index >= 15 is 0 Å². The number of thiophene rings is 1. The SMILES string of the molecule is CC[C@H]1c2ccsc2CCN1Cc1nc(COc2ccc(F)cc2)no1. The third-order valence-electron chi connectivity index (χ3n) is 4.62. The number of fused-ring (bicyclic) bond motifs is 1. The van der Waals surface area contributed by atoms with Gasteiger partial charge in [-0.3, -0.25) is 4.90 Å². The number of benzene rings is 1. The summed E-state index contributed by atoms with van der Waals surface area (Å²) in [6, 6.07) is 8.50. The first-order valence-electron chi connectivity index (χ1n) is 8.73. The van der Waals surface area contributed by atoms with Crippen LogP contribution in [0.15, 0.2) is 40.2 Å². The van der Waals surface area contributed by atoms with Crippen LogP contribution in [0.2, 0.25) is 0 Å². The van der Waals surface area contributed by atoms with Gasteiger partial charge in [0.25, 0.3) is 0 Å². The lowest BCUT2D eigenvalue weighted by atomic mass is 9.98. The number of rotatable bonds is 6. The van der Waals surface area contributed by atoms with Gasteiger partial charge in [0.15, 0.2) is 6.61 Å². The van der Waals surface area contributed by atoms with Crippen LogP contribution < -0.4 is 4.74 Å². The monoisotopic (exact) mass is 373 g/mol. The van der Waals surface area contributed by atoms with Crippen LogP contribution >= 0.6 is 11.3 Å². The number of halogens is 1. The predicted molar refractivity (Wildman–Crippen MR) is 96.5 cm³/mol. The van der Waals surface area contributed by atoms with E-state index in [1.807, 2.05) is 11.3 Å². The van der Waals surface area contributed by atoms with Crippen molar-refractivity contribution in [2.75, 3.05) is 6.54 Å². The second-order valence-electron chi connectivity index (χ2n) is 6.29. The van der Waals surface area contributed by atoms with Crippen LogP contribution in [0.5, 0.6) is 5.75 Å². The van der Waals surface area contributed by atoms with Crippen molar-refractivity contribution in [1.29, 1.82) is 0 Å². The van der Waals surface area contributed by atoms with Gasteiger partial charge in [0, 0.05) is 17.5 Å². The molecule has 0 bridgehead atoms. The summed E-state index contributed by atoms with van der Waals surface area (Å²) < 4.78 is 23.9. The molecule has 0 unspecified atom stereocenters. The maximum Gasteiger partial charge on any atom is 0.240 e. The molecule has 2 aromatic heterocycles. The predicted octanol–water partition coefficient (Wildman–Crippen LogP) is 4.36. The Balaban J connectivity index is 1.38. The first-order valence-corrected chi connectivity index (χ1v) is 9.61. The lowest BCUT2D eigenvalue weighted by Gasteiger charge is -2.34. The van der Waals surface area contributed by atoms with Crippen molar-refractivity contribution in [2.24, 2.45) is 0 Å². The minimum atomic E-state index is -0.292. The molecule has 3 heterocycles. The van der Waals surface area contributed by atoms with Crippen molar-refractivity contribution in [2.45, 2.75) is 39.0 Å². The molecule has 4 rings (SSSR count). The van der Waals surface area contributed by atoms with Gasteiger partial charge < -0.3 is 9.26 Å². The van der Waals surface area contributed by atoms with Crippen molar-refractivity contribution in [3.63, 3.8) is 0 Å². The van der Waals surface area contributed by atoms with E-state index in [9.17, 15) is 4.39 Å². The van der Waals surface area contributed by atoms with Crippen molar-refractivity contribution in [3.8, 4) is 5.75 Å². The summed E-state index contributed by atoms with van der Waals surface area (Å²) in [7, 11) is 0. The summed E-state index contributed by atoms with van der Waals surface area (Å²) in [6.07, 6.45) is 2.12. The van der Waals surface area contributed by atoms with Gasteiger partial charge in [-0.05, 0) is 54.1 Å². The molecule has 0 N–H and O–H groups in total. The van der Waals surface area contributed by atoms with Gasteiger partial charge in [0.2, 0.25) is 11.7 Å². The number of aromatic nitrogens is 2. The number of ether oxygens (including phenoxy) is 1. The summed E-state index contributed by atoms with van der Waals surface area (Å²) in [4.78, 5) is 8.32. The lowest BCUT2D eigenvalue weighted by molar-refractivity contribution is 0.151. The third-order valence-corrected chi connectivity index (χ3v) is 5.62. The number of hydrogen-bond acceptors (Lipinski definition) is 6. The van der Waals surface area contributed by atoms with Crippen molar-refractivity contribution in [1.82, 2.24) is 15.0 Å². The fraction of sp³-hybridized carbons (Fsp3) is 0.368. The molecular weight excluding hydrogens is 353 g/mol. The van der Waals surface area contributed by atoms with Gasteiger partial charge in [-0.25, -0.2) is 4.39 Å². The smallest absolute Gasteiger partial charge is 0.240 e. The van der Waals surface area contributed by atoms with Gasteiger partial charge in [0.1, 0.15) is 11.6 Å². The van der Waals surface area contributed by atoms with E-state index < -0.39 is 0 Å². The Hall–Kier alpha value is -2.25. The molecule has 1 atom stereocenters. The Morgan fingerprint density at radius 2 is 2.15 bits per heavy atom. The van der Waals surface area contributed by atoms with Gasteiger partial charge in [-0.2, -0.15) is 4.98 Å². The summed E-state index contributed by atoms with van der Waals surface area (Å²) >= 11 is 1.84. The molecule has 0 amide bonds. The Kier molecular flexibility index (Phi) is 4.99. The number of nitrogens with zero attached hydrogens (tertiary/aromatic N) is 3. The maximum absolute atomic E-state index is 12.9. The highest BCUT2D eigenvalue weighted by molar-refractivity contribution is 7.10. The van der Waals surface area contributed by atoms with Crippen LogP contribution in [-0.4, -0.2) is 21.6 Å². The second kappa shape index (κ2) is 7.55. The quantitative estimate of drug-likeness (QED) is 0.643. The van der Waals surface area contributed by atoms with E-state index in [0.717, 1.165) is 19.4 Å². The van der Waals surface area contributed by atoms with E-state index in [2.05, 4.69) is 33.4 Å². The third kappa shape index (κ3) is 3.64. The molecule has 1 aromatic carbocycles. The zero-order chi connectivity index (χ0) is 17.9. The molecule has 1 aliphatic heterocycles. The Bertz CT molecular complexity index is 862. The summed E-state index contributed by atoms with van der Waals surface area (Å²) in [5.41, 5.74) is 1.43. The van der Waals surface area contributed by atoms with E-state index in [1.54, 1.807) is 12.1 Å². The fourth-order valence-electron chi connectivity index (χ4n) is 3.38. The minimum Gasteiger partial charge on any atom is -0.485 e. The molecule has 0 saturated heterocycles. The highest BCUT2D eigenvalue weighted by Crippen LogP contribution is 2.35. The fourth-order valence-corrected chi connectivity index (χ4v) is 4.31. The van der Waals surface area contributed by atoms with E-state index in [-0.39, 0.29) is 12.4 Å². The normalized spacial score (nSPS) is 17.2. The molecular formula is C19H20FN3O2S. The van der Waals surface area contributed by atoms with E-state index in [1.165, 1.54) is 22.6 Å². The zero-order valence-electron chi connectivity index (χ0n) is 14.5. The average molecular weight is 373 g/mol. The van der Waals surface area contributed by atoms with Crippen LogP contribution in [-0.2, 0) is 19.6 Å². The van der Waals surface area contributed by atoms with E-state index in [0.29, 0.717) is 30.1 Å². The Morgan fingerprint density at radius 3 is 2.96 bits per heavy atom. The van der Waals surface area contributed by atoms with Gasteiger partial charge >= 0.3 is 0 Å². The molecule has 0 aliphatic carbocycles. The largest absolute Gasteiger partial charge is 0.485 e. The van der Waals surface area contributed by atoms with Crippen LogP contribution in [0, 0.1) is 5.82 Å². The van der Waals surface area contributed by atoms with Crippen LogP contribution in [0.3, 0.4) is 0 Å². The molecule has 3 aromatic rings. The standard InChI is InChI=1S/C19H20FN3O2S/c1-2-16-15-8-10-26-17(15)7-9-23(16)11-19-21-18(22-25-19)12-24-14-5-3-13(20)4-6-14/h3-6,8,10,16H,2,7,9,11-12H2,1H3/t16-/m0/s1. The van der Waals surface area contributed by atoms with Crippen LogP contribution in [0.4, 0.5) is 4.39 Å². The lowest BCUT2D eigenvalue weighted by Crippen LogP contribution is -2.34. The maximum atomic E-state index is 12.9. The van der Waals surface area contributed by atoms with Crippen LogP contribution in [0.1, 0.15) is 41.5 Å². The van der Waals surface area contributed by atoms with Crippen LogP contribution in [0.25, 0.3) is 0 Å². The number of hydrogen-bond donors (Lipinski definition) is 0. The molecule has 1 aliphatic rings. The molecule has 5 nitrogen and oxygen atoms in total. The summed E-state index contributed by atoms with van der Waals surface area (Å²) in [6.45, 7) is 4.04. The summed E-state index contributed by atoms with van der Waals surface area (Å²) in [5, 5.41) is 6.16. The van der Waals surface area contributed by atoms with Gasteiger partial charge in [0.05, 0.1) is 6.54 Å². The molecule has 0 fully saturated rings. The van der Waals surface area contributed by atoms with Gasteiger partial charge in [-0.15, -0.1) is 11.3 Å². The average Bonchev–Trinajstić information content (AvgIpc) is 3.30. The highest BCUT2D eigenvalue weighted by Gasteiger charge is 2.28. The molecule has 136 valence electrons. The first kappa shape index (κ1) is 17.2. The topological polar surface area (TPSA) is 51.4 Å². The second-order valence-corrected chi connectivity index (χ2v) is 7.29. The van der Waals surface area contributed by atoms with Crippen molar-refractivity contribution < 1.29 is 13.7 Å². The Morgan fingerprint density at radius 1 is 1.31 bits per heavy atom. The molecule has 0 saturated carbocycles. The minimum absolute atomic E-state index is 0.195. The van der Waals surface area contributed by atoms with E-state index in [4.69, 9.17) is 9.26 Å². The molecule has 7 heteroatoms. The zero-order valence-corrected chi connectivity index (χ0v) is 15.3. The Labute approximate surface area is 155 Å². The van der Waals surface area contributed by atoms with Gasteiger partial charge in [-0.1, -0.05) is 12.1 Å². The molecule has 0 radical (unpaired) electrons. The molecule has 26 heavy (non-hydrogen) atoms. The molecule has 0 spiro atoms. The first-order chi connectivity index (χ1) is 12.7. The summed E-state index contributed by atoms with van der Waals surface area (Å²) in [5.74, 6) is 1.37. The van der Waals surface area contributed by atoms with Crippen molar-refractivity contribution in [3.05, 3.63) is 63.7 Å². The van der Waals surface area contributed by atoms with Crippen molar-refractivity contribution >= 4 is 11.3 Å². The highest BCUT2D eigenvalue weighted by atomic mass is 32.1.